The van der Waals surface area contributed by atoms with Gasteiger partial charge in [0.05, 0.1) is 12.2 Å². The van der Waals surface area contributed by atoms with Crippen LogP contribution in [-0.4, -0.2) is 24.8 Å². The van der Waals surface area contributed by atoms with E-state index in [1.165, 1.54) is 51.4 Å². The van der Waals surface area contributed by atoms with Gasteiger partial charge in [0, 0.05) is 6.04 Å². The molecule has 0 aromatic rings. The van der Waals surface area contributed by atoms with Crippen LogP contribution in [0.15, 0.2) is 0 Å². The SMILES string of the molecule is CCNC1CCCCC1OC1CCC(C)(C)CC1. The molecule has 2 heteroatoms. The second-order valence-corrected chi connectivity index (χ2v) is 6.99. The molecule has 0 aromatic carbocycles. The van der Waals surface area contributed by atoms with Gasteiger partial charge in [-0.25, -0.2) is 0 Å². The van der Waals surface area contributed by atoms with Crippen molar-refractivity contribution < 1.29 is 4.74 Å². The molecule has 0 bridgehead atoms. The normalized spacial score (nSPS) is 33.5. The van der Waals surface area contributed by atoms with E-state index in [2.05, 4.69) is 26.1 Å². The van der Waals surface area contributed by atoms with Crippen molar-refractivity contribution in [2.24, 2.45) is 5.41 Å². The van der Waals surface area contributed by atoms with Crippen LogP contribution >= 0.6 is 0 Å². The molecule has 0 radical (unpaired) electrons. The Kier molecular flexibility index (Phi) is 5.08. The molecule has 2 aliphatic carbocycles. The summed E-state index contributed by atoms with van der Waals surface area (Å²) in [7, 11) is 0. The lowest BCUT2D eigenvalue weighted by atomic mass is 9.76. The maximum Gasteiger partial charge on any atom is 0.0731 e. The Hall–Kier alpha value is -0.0800. The van der Waals surface area contributed by atoms with Crippen LogP contribution in [0.4, 0.5) is 0 Å². The van der Waals surface area contributed by atoms with Crippen LogP contribution in [0.3, 0.4) is 0 Å². The van der Waals surface area contributed by atoms with Crippen molar-refractivity contribution in [2.75, 3.05) is 6.54 Å². The van der Waals surface area contributed by atoms with Crippen LogP contribution in [0.25, 0.3) is 0 Å². The van der Waals surface area contributed by atoms with Gasteiger partial charge < -0.3 is 10.1 Å². The Morgan fingerprint density at radius 2 is 1.72 bits per heavy atom. The molecule has 2 saturated carbocycles. The van der Waals surface area contributed by atoms with Crippen molar-refractivity contribution in [1.82, 2.24) is 5.32 Å². The van der Waals surface area contributed by atoms with E-state index >= 15 is 0 Å². The van der Waals surface area contributed by atoms with Gasteiger partial charge in [-0.1, -0.05) is 33.6 Å². The standard InChI is InChI=1S/C16H31NO/c1-4-17-14-7-5-6-8-15(14)18-13-9-11-16(2,3)12-10-13/h13-15,17H,4-12H2,1-3H3. The molecule has 0 spiro atoms. The smallest absolute Gasteiger partial charge is 0.0731 e. The maximum atomic E-state index is 6.43. The predicted octanol–water partition coefficient (Wildman–Crippen LogP) is 3.89. The van der Waals surface area contributed by atoms with Crippen LogP contribution < -0.4 is 5.32 Å². The highest BCUT2D eigenvalue weighted by Gasteiger charge is 2.32. The number of rotatable bonds is 4. The van der Waals surface area contributed by atoms with E-state index in [1.807, 2.05) is 0 Å². The zero-order chi connectivity index (χ0) is 13.0. The van der Waals surface area contributed by atoms with Gasteiger partial charge in [0.25, 0.3) is 0 Å². The monoisotopic (exact) mass is 253 g/mol. The summed E-state index contributed by atoms with van der Waals surface area (Å²) in [4.78, 5) is 0. The summed E-state index contributed by atoms with van der Waals surface area (Å²) in [5.41, 5.74) is 0.549. The Balaban J connectivity index is 1.80. The molecule has 0 aromatic heterocycles. The summed E-state index contributed by atoms with van der Waals surface area (Å²) in [5.74, 6) is 0. The highest BCUT2D eigenvalue weighted by molar-refractivity contribution is 4.85. The molecule has 0 aliphatic heterocycles. The molecule has 0 amide bonds. The summed E-state index contributed by atoms with van der Waals surface area (Å²) < 4.78 is 6.43. The van der Waals surface area contributed by atoms with E-state index in [0.717, 1.165) is 6.54 Å². The topological polar surface area (TPSA) is 21.3 Å². The summed E-state index contributed by atoms with van der Waals surface area (Å²) in [6, 6.07) is 0.610. The Labute approximate surface area is 113 Å². The minimum absolute atomic E-state index is 0.477. The first-order chi connectivity index (χ1) is 8.61. The fourth-order valence-electron chi connectivity index (χ4n) is 3.51. The van der Waals surface area contributed by atoms with Gasteiger partial charge in [0.15, 0.2) is 0 Å². The van der Waals surface area contributed by atoms with E-state index in [4.69, 9.17) is 4.74 Å². The molecule has 2 nitrogen and oxygen atoms in total. The van der Waals surface area contributed by atoms with E-state index in [1.54, 1.807) is 0 Å². The molecule has 106 valence electrons. The maximum absolute atomic E-state index is 6.43. The molecular formula is C16H31NO. The van der Waals surface area contributed by atoms with E-state index in [0.29, 0.717) is 23.7 Å². The lowest BCUT2D eigenvalue weighted by Crippen LogP contribution is -2.45. The van der Waals surface area contributed by atoms with Crippen molar-refractivity contribution in [2.45, 2.75) is 90.4 Å². The van der Waals surface area contributed by atoms with E-state index in [-0.39, 0.29) is 0 Å². The summed E-state index contributed by atoms with van der Waals surface area (Å²) in [6.45, 7) is 8.06. The Morgan fingerprint density at radius 3 is 2.39 bits per heavy atom. The van der Waals surface area contributed by atoms with Gasteiger partial charge in [0.1, 0.15) is 0 Å². The first-order valence-electron chi connectivity index (χ1n) is 7.99. The van der Waals surface area contributed by atoms with Gasteiger partial charge in [-0.15, -0.1) is 0 Å². The fourth-order valence-corrected chi connectivity index (χ4v) is 3.51. The van der Waals surface area contributed by atoms with Crippen molar-refractivity contribution in [1.29, 1.82) is 0 Å². The third-order valence-electron chi connectivity index (χ3n) is 4.82. The molecule has 0 saturated heterocycles. The quantitative estimate of drug-likeness (QED) is 0.820. The predicted molar refractivity (Wildman–Crippen MR) is 76.8 cm³/mol. The fraction of sp³-hybridized carbons (Fsp3) is 1.00. The average molecular weight is 253 g/mol. The Morgan fingerprint density at radius 1 is 1.06 bits per heavy atom. The van der Waals surface area contributed by atoms with Crippen LogP contribution in [0.5, 0.6) is 0 Å². The van der Waals surface area contributed by atoms with Gasteiger partial charge in [-0.2, -0.15) is 0 Å². The third kappa shape index (κ3) is 3.96. The van der Waals surface area contributed by atoms with Crippen LogP contribution in [0.2, 0.25) is 0 Å². The lowest BCUT2D eigenvalue weighted by Gasteiger charge is -2.39. The van der Waals surface area contributed by atoms with Gasteiger partial charge in [-0.3, -0.25) is 0 Å². The first-order valence-corrected chi connectivity index (χ1v) is 7.99. The van der Waals surface area contributed by atoms with Gasteiger partial charge in [0.2, 0.25) is 0 Å². The summed E-state index contributed by atoms with van der Waals surface area (Å²) >= 11 is 0. The minimum Gasteiger partial charge on any atom is -0.373 e. The zero-order valence-corrected chi connectivity index (χ0v) is 12.5. The van der Waals surface area contributed by atoms with Crippen LogP contribution in [0, 0.1) is 5.41 Å². The van der Waals surface area contributed by atoms with Crippen molar-refractivity contribution in [3.8, 4) is 0 Å². The van der Waals surface area contributed by atoms with Crippen molar-refractivity contribution in [3.63, 3.8) is 0 Å². The first kappa shape index (κ1) is 14.3. The molecule has 18 heavy (non-hydrogen) atoms. The molecule has 0 heterocycles. The van der Waals surface area contributed by atoms with E-state index in [9.17, 15) is 0 Å². The zero-order valence-electron chi connectivity index (χ0n) is 12.5. The largest absolute Gasteiger partial charge is 0.373 e. The number of nitrogens with one attached hydrogen (secondary N) is 1. The number of hydrogen-bond donors (Lipinski definition) is 1. The van der Waals surface area contributed by atoms with Crippen molar-refractivity contribution in [3.05, 3.63) is 0 Å². The molecule has 2 aliphatic rings. The second-order valence-electron chi connectivity index (χ2n) is 6.99. The highest BCUT2D eigenvalue weighted by atomic mass is 16.5. The third-order valence-corrected chi connectivity index (χ3v) is 4.82. The van der Waals surface area contributed by atoms with Crippen LogP contribution in [0.1, 0.15) is 72.1 Å². The second kappa shape index (κ2) is 6.38. The molecule has 2 atom stereocenters. The molecule has 2 rings (SSSR count). The van der Waals surface area contributed by atoms with E-state index < -0.39 is 0 Å². The molecule has 2 fully saturated rings. The summed E-state index contributed by atoms with van der Waals surface area (Å²) in [6.07, 6.45) is 11.5. The highest BCUT2D eigenvalue weighted by Crippen LogP contribution is 2.37. The average Bonchev–Trinajstić information content (AvgIpc) is 2.35. The lowest BCUT2D eigenvalue weighted by molar-refractivity contribution is -0.0714. The minimum atomic E-state index is 0.477. The number of hydrogen-bond acceptors (Lipinski definition) is 2. The number of likely N-dealkylation sites (N-methyl/N-ethyl adjacent to an activating group) is 1. The van der Waals surface area contributed by atoms with Crippen LogP contribution in [-0.2, 0) is 4.74 Å². The Bertz CT molecular complexity index is 239. The summed E-state index contributed by atoms with van der Waals surface area (Å²) in [5, 5.41) is 3.62. The van der Waals surface area contributed by atoms with Crippen molar-refractivity contribution >= 4 is 0 Å². The molecular weight excluding hydrogens is 222 g/mol. The molecule has 2 unspecified atom stereocenters. The number of ether oxygens (including phenoxy) is 1. The van der Waals surface area contributed by atoms with Gasteiger partial charge >= 0.3 is 0 Å². The van der Waals surface area contributed by atoms with Gasteiger partial charge in [-0.05, 0) is 50.5 Å². The molecule has 1 N–H and O–H groups in total.